The van der Waals surface area contributed by atoms with Crippen molar-refractivity contribution in [3.63, 3.8) is 0 Å². The van der Waals surface area contributed by atoms with E-state index in [0.717, 1.165) is 11.1 Å². The summed E-state index contributed by atoms with van der Waals surface area (Å²) in [6.45, 7) is 0.463. The third-order valence-corrected chi connectivity index (χ3v) is 8.00. The summed E-state index contributed by atoms with van der Waals surface area (Å²) in [7, 11) is 0.717. The first-order chi connectivity index (χ1) is 18.2. The number of aromatic amines is 1. The molecule has 0 bridgehead atoms. The summed E-state index contributed by atoms with van der Waals surface area (Å²) in [5, 5.41) is 2.87. The normalized spacial score (nSPS) is 11.5. The molecule has 38 heavy (non-hydrogen) atoms. The van der Waals surface area contributed by atoms with E-state index in [9.17, 15) is 18.0 Å². The van der Waals surface area contributed by atoms with Gasteiger partial charge in [-0.15, -0.1) is 0 Å². The summed E-state index contributed by atoms with van der Waals surface area (Å²) in [5.74, 6) is 0.640. The summed E-state index contributed by atoms with van der Waals surface area (Å²) in [6, 6.07) is 19.0. The maximum absolute atomic E-state index is 13.2. The highest BCUT2D eigenvalue weighted by Gasteiger charge is 2.22. The van der Waals surface area contributed by atoms with Gasteiger partial charge in [-0.3, -0.25) is 9.59 Å². The molecule has 4 rings (SSSR count). The van der Waals surface area contributed by atoms with Gasteiger partial charge in [0.1, 0.15) is 5.56 Å². The second-order valence-electron chi connectivity index (χ2n) is 8.68. The number of pyridine rings is 1. The number of nitrogens with one attached hydrogen (secondary N) is 2. The molecule has 0 aliphatic rings. The van der Waals surface area contributed by atoms with Gasteiger partial charge in [0.25, 0.3) is 5.91 Å². The van der Waals surface area contributed by atoms with Crippen molar-refractivity contribution in [1.29, 1.82) is 0 Å². The Balaban J connectivity index is 1.51. The Labute approximate surface area is 221 Å². The summed E-state index contributed by atoms with van der Waals surface area (Å²) in [6.07, 6.45) is 1.85. The van der Waals surface area contributed by atoms with E-state index in [4.69, 9.17) is 9.47 Å². The van der Waals surface area contributed by atoms with E-state index in [1.807, 2.05) is 42.5 Å². The largest absolute Gasteiger partial charge is 0.493 e. The van der Waals surface area contributed by atoms with Crippen LogP contribution in [0.25, 0.3) is 10.9 Å². The minimum atomic E-state index is -3.87. The molecule has 1 aromatic heterocycles. The van der Waals surface area contributed by atoms with E-state index < -0.39 is 21.4 Å². The van der Waals surface area contributed by atoms with Crippen molar-refractivity contribution < 1.29 is 22.7 Å². The van der Waals surface area contributed by atoms with Gasteiger partial charge in [0.2, 0.25) is 15.5 Å². The SMILES string of the molecule is COc1ccc(CCNC(=O)c2c[nH]c3ccc(S(=O)(=O)N(C)Cc4ccccc4)cc3c2=O)cc1OC. The number of hydrogen-bond acceptors (Lipinski definition) is 6. The molecule has 1 heterocycles. The van der Waals surface area contributed by atoms with Crippen LogP contribution in [0.2, 0.25) is 0 Å². The van der Waals surface area contributed by atoms with E-state index in [1.54, 1.807) is 20.3 Å². The highest BCUT2D eigenvalue weighted by Crippen LogP contribution is 2.27. The Morgan fingerprint density at radius 3 is 2.39 bits per heavy atom. The van der Waals surface area contributed by atoms with E-state index in [0.29, 0.717) is 23.4 Å². The molecule has 0 spiro atoms. The van der Waals surface area contributed by atoms with Gasteiger partial charge < -0.3 is 19.8 Å². The highest BCUT2D eigenvalue weighted by molar-refractivity contribution is 7.89. The Hall–Kier alpha value is -4.15. The molecule has 0 aliphatic heterocycles. The molecule has 2 N–H and O–H groups in total. The van der Waals surface area contributed by atoms with Crippen molar-refractivity contribution in [2.24, 2.45) is 0 Å². The first kappa shape index (κ1) is 26.9. The van der Waals surface area contributed by atoms with E-state index in [-0.39, 0.29) is 28.9 Å². The van der Waals surface area contributed by atoms with Gasteiger partial charge in [0, 0.05) is 37.2 Å². The zero-order valence-corrected chi connectivity index (χ0v) is 22.2. The van der Waals surface area contributed by atoms with Gasteiger partial charge in [-0.1, -0.05) is 36.4 Å². The number of sulfonamides is 1. The molecule has 1 amide bonds. The number of carbonyl (C=O) groups excluding carboxylic acids is 1. The van der Waals surface area contributed by atoms with Crippen LogP contribution in [0.1, 0.15) is 21.5 Å². The third kappa shape index (κ3) is 5.71. The molecule has 4 aromatic rings. The van der Waals surface area contributed by atoms with Gasteiger partial charge in [0.15, 0.2) is 11.5 Å². The molecule has 0 unspecified atom stereocenters. The Morgan fingerprint density at radius 2 is 1.68 bits per heavy atom. The molecule has 3 aromatic carbocycles. The second kappa shape index (κ2) is 11.5. The van der Waals surface area contributed by atoms with Crippen LogP contribution in [0, 0.1) is 0 Å². The van der Waals surface area contributed by atoms with Gasteiger partial charge in [-0.2, -0.15) is 4.31 Å². The van der Waals surface area contributed by atoms with Gasteiger partial charge >= 0.3 is 0 Å². The van der Waals surface area contributed by atoms with Crippen molar-refractivity contribution in [3.05, 3.63) is 99.8 Å². The lowest BCUT2D eigenvalue weighted by Gasteiger charge is -2.17. The number of methoxy groups -OCH3 is 2. The first-order valence-corrected chi connectivity index (χ1v) is 13.3. The monoisotopic (exact) mass is 535 g/mol. The molecule has 9 nitrogen and oxygen atoms in total. The lowest BCUT2D eigenvalue weighted by atomic mass is 10.1. The second-order valence-corrected chi connectivity index (χ2v) is 10.7. The fourth-order valence-corrected chi connectivity index (χ4v) is 5.27. The Bertz CT molecular complexity index is 1620. The van der Waals surface area contributed by atoms with Crippen LogP contribution in [-0.2, 0) is 23.0 Å². The average molecular weight is 536 g/mol. The van der Waals surface area contributed by atoms with Crippen LogP contribution in [-0.4, -0.2) is 51.4 Å². The molecule has 0 radical (unpaired) electrons. The van der Waals surface area contributed by atoms with Crippen molar-refractivity contribution in [2.75, 3.05) is 27.8 Å². The molecule has 10 heteroatoms. The van der Waals surface area contributed by atoms with E-state index in [2.05, 4.69) is 10.3 Å². The van der Waals surface area contributed by atoms with Crippen LogP contribution in [0.3, 0.4) is 0 Å². The van der Waals surface area contributed by atoms with Crippen LogP contribution in [0.5, 0.6) is 11.5 Å². The maximum Gasteiger partial charge on any atom is 0.256 e. The van der Waals surface area contributed by atoms with E-state index in [1.165, 1.54) is 35.7 Å². The summed E-state index contributed by atoms with van der Waals surface area (Å²) in [4.78, 5) is 28.9. The number of amides is 1. The predicted octanol–water partition coefficient (Wildman–Crippen LogP) is 3.34. The fourth-order valence-electron chi connectivity index (χ4n) is 4.08. The number of hydrogen-bond donors (Lipinski definition) is 2. The number of rotatable bonds is 10. The molecular formula is C28H29N3O6S. The molecule has 0 saturated heterocycles. The lowest BCUT2D eigenvalue weighted by Crippen LogP contribution is -2.30. The molecule has 0 atom stereocenters. The molecule has 198 valence electrons. The molecule has 0 fully saturated rings. The first-order valence-electron chi connectivity index (χ1n) is 11.9. The zero-order chi connectivity index (χ0) is 27.3. The number of fused-ring (bicyclic) bond motifs is 1. The Morgan fingerprint density at radius 1 is 0.947 bits per heavy atom. The third-order valence-electron chi connectivity index (χ3n) is 6.20. The van der Waals surface area contributed by atoms with Crippen molar-refractivity contribution in [1.82, 2.24) is 14.6 Å². The number of aromatic nitrogens is 1. The predicted molar refractivity (Wildman–Crippen MR) is 145 cm³/mol. The number of ether oxygens (including phenoxy) is 2. The molecule has 0 aliphatic carbocycles. The maximum atomic E-state index is 13.2. The van der Waals surface area contributed by atoms with Crippen LogP contribution in [0.4, 0.5) is 0 Å². The summed E-state index contributed by atoms with van der Waals surface area (Å²) in [5.41, 5.74) is 1.54. The van der Waals surface area contributed by atoms with Crippen molar-refractivity contribution in [3.8, 4) is 11.5 Å². The minimum absolute atomic E-state index is 0.0278. The van der Waals surface area contributed by atoms with E-state index >= 15 is 0 Å². The molecular weight excluding hydrogens is 506 g/mol. The zero-order valence-electron chi connectivity index (χ0n) is 21.4. The quantitative estimate of drug-likeness (QED) is 0.322. The number of nitrogens with zero attached hydrogens (tertiary/aromatic N) is 1. The van der Waals surface area contributed by atoms with Crippen LogP contribution < -0.4 is 20.2 Å². The van der Waals surface area contributed by atoms with Crippen LogP contribution >= 0.6 is 0 Å². The van der Waals surface area contributed by atoms with Crippen molar-refractivity contribution >= 4 is 26.8 Å². The highest BCUT2D eigenvalue weighted by atomic mass is 32.2. The van der Waals surface area contributed by atoms with Gasteiger partial charge in [0.05, 0.1) is 19.1 Å². The number of benzene rings is 3. The molecule has 0 saturated carbocycles. The number of carbonyl (C=O) groups is 1. The van der Waals surface area contributed by atoms with Crippen molar-refractivity contribution in [2.45, 2.75) is 17.9 Å². The average Bonchev–Trinajstić information content (AvgIpc) is 2.93. The topological polar surface area (TPSA) is 118 Å². The van der Waals surface area contributed by atoms with Gasteiger partial charge in [-0.05, 0) is 47.9 Å². The fraction of sp³-hybridized carbons (Fsp3) is 0.214. The lowest BCUT2D eigenvalue weighted by molar-refractivity contribution is 0.0953. The van der Waals surface area contributed by atoms with Crippen LogP contribution in [0.15, 0.2) is 82.6 Å². The standard InChI is InChI=1S/C28H29N3O6S/c1-31(18-20-7-5-4-6-8-20)38(34,35)21-10-11-24-22(16-21)27(32)23(17-30-24)28(33)29-14-13-19-9-12-25(36-2)26(15-19)37-3/h4-12,15-17H,13-14,18H2,1-3H3,(H,29,33)(H,30,32). The Kier molecular flexibility index (Phi) is 8.13. The number of H-pyrrole nitrogens is 1. The van der Waals surface area contributed by atoms with Gasteiger partial charge in [-0.25, -0.2) is 8.42 Å². The summed E-state index contributed by atoms with van der Waals surface area (Å²) < 4.78 is 38.1. The smallest absolute Gasteiger partial charge is 0.256 e. The summed E-state index contributed by atoms with van der Waals surface area (Å²) >= 11 is 0. The minimum Gasteiger partial charge on any atom is -0.493 e.